The third-order valence-electron chi connectivity index (χ3n) is 2.42. The molecule has 2 aromatic heterocycles. The molecule has 3 N–H and O–H groups in total. The SMILES string of the molecule is CC(C)C.CC(C)Nc1ccn[nH]1.CC(C)Nc1nnc(C(C)(C)C)s1. The van der Waals surface area contributed by atoms with Gasteiger partial charge in [-0.2, -0.15) is 5.10 Å². The van der Waals surface area contributed by atoms with E-state index in [1.165, 1.54) is 0 Å². The van der Waals surface area contributed by atoms with Crippen molar-refractivity contribution >= 4 is 22.3 Å². The first-order valence-electron chi connectivity index (χ1n) is 9.28. The molecule has 0 amide bonds. The van der Waals surface area contributed by atoms with Gasteiger partial charge in [0.2, 0.25) is 5.13 Å². The van der Waals surface area contributed by atoms with E-state index in [1.807, 2.05) is 6.07 Å². The second-order valence-electron chi connectivity index (χ2n) is 8.46. The number of hydrogen-bond acceptors (Lipinski definition) is 6. The summed E-state index contributed by atoms with van der Waals surface area (Å²) < 4.78 is 0. The molecule has 0 aliphatic carbocycles. The van der Waals surface area contributed by atoms with Crippen molar-refractivity contribution < 1.29 is 0 Å². The molecule has 0 spiro atoms. The lowest BCUT2D eigenvalue weighted by Gasteiger charge is -2.12. The highest BCUT2D eigenvalue weighted by Gasteiger charge is 2.19. The number of rotatable bonds is 4. The summed E-state index contributed by atoms with van der Waals surface area (Å²) in [5, 5.41) is 23.2. The van der Waals surface area contributed by atoms with Crippen molar-refractivity contribution in [2.75, 3.05) is 10.6 Å². The van der Waals surface area contributed by atoms with Gasteiger partial charge in [0.15, 0.2) is 0 Å². The van der Waals surface area contributed by atoms with Gasteiger partial charge in [-0.3, -0.25) is 5.10 Å². The van der Waals surface area contributed by atoms with Crippen LogP contribution in [-0.4, -0.2) is 32.5 Å². The lowest BCUT2D eigenvalue weighted by molar-refractivity contribution is 0.578. The van der Waals surface area contributed by atoms with Crippen molar-refractivity contribution in [2.45, 2.75) is 86.7 Å². The summed E-state index contributed by atoms with van der Waals surface area (Å²) in [7, 11) is 0. The Morgan fingerprint density at radius 2 is 1.46 bits per heavy atom. The van der Waals surface area contributed by atoms with Crippen LogP contribution < -0.4 is 10.6 Å². The molecule has 0 atom stereocenters. The van der Waals surface area contributed by atoms with Crippen molar-refractivity contribution in [3.63, 3.8) is 0 Å². The number of nitrogens with one attached hydrogen (secondary N) is 3. The van der Waals surface area contributed by atoms with Gasteiger partial charge in [-0.15, -0.1) is 10.2 Å². The summed E-state index contributed by atoms with van der Waals surface area (Å²) in [5.41, 5.74) is 0.106. The molecule has 0 fully saturated rings. The van der Waals surface area contributed by atoms with Gasteiger partial charge in [-0.25, -0.2) is 0 Å². The van der Waals surface area contributed by atoms with E-state index in [-0.39, 0.29) is 5.41 Å². The first-order valence-corrected chi connectivity index (χ1v) is 10.1. The Labute approximate surface area is 163 Å². The Morgan fingerprint density at radius 1 is 0.923 bits per heavy atom. The van der Waals surface area contributed by atoms with Crippen LogP contribution in [0.15, 0.2) is 12.3 Å². The van der Waals surface area contributed by atoms with E-state index in [1.54, 1.807) is 17.5 Å². The fourth-order valence-corrected chi connectivity index (χ4v) is 2.43. The van der Waals surface area contributed by atoms with Crippen LogP contribution in [0.3, 0.4) is 0 Å². The summed E-state index contributed by atoms with van der Waals surface area (Å²) >= 11 is 1.63. The number of aromatic amines is 1. The second kappa shape index (κ2) is 11.9. The molecule has 6 nitrogen and oxygen atoms in total. The Balaban J connectivity index is 0.000000416. The maximum Gasteiger partial charge on any atom is 0.205 e. The molecular weight excluding hydrogens is 344 g/mol. The van der Waals surface area contributed by atoms with Crippen molar-refractivity contribution in [3.05, 3.63) is 17.3 Å². The average Bonchev–Trinajstić information content (AvgIpc) is 3.08. The first kappa shape index (κ1) is 24.4. The minimum atomic E-state index is 0.106. The monoisotopic (exact) mass is 382 g/mol. The number of hydrogen-bond donors (Lipinski definition) is 3. The van der Waals surface area contributed by atoms with Crippen LogP contribution >= 0.6 is 11.3 Å². The predicted molar refractivity (Wildman–Crippen MR) is 115 cm³/mol. The van der Waals surface area contributed by atoms with Crippen molar-refractivity contribution in [3.8, 4) is 0 Å². The molecule has 2 heterocycles. The maximum atomic E-state index is 4.15. The zero-order valence-electron chi connectivity index (χ0n) is 18.1. The molecule has 0 aliphatic heterocycles. The predicted octanol–water partition coefficient (Wildman–Crippen LogP) is 5.55. The second-order valence-corrected chi connectivity index (χ2v) is 9.44. The Hall–Kier alpha value is -1.63. The standard InChI is InChI=1S/C9H17N3S.C6H11N3.C4H10/c1-6(2)10-8-12-11-7(13-8)9(3,4)5;1-5(2)8-6-3-4-7-9-6;1-4(2)3/h6H,1-5H3,(H,10,12);3-5H,1-2H3,(H2,7,8,9);4H,1-3H3. The highest BCUT2D eigenvalue weighted by molar-refractivity contribution is 7.15. The summed E-state index contributed by atoms with van der Waals surface area (Å²) in [4.78, 5) is 0. The van der Waals surface area contributed by atoms with Gasteiger partial charge in [0.1, 0.15) is 10.8 Å². The average molecular weight is 383 g/mol. The zero-order valence-corrected chi connectivity index (χ0v) is 19.0. The fourth-order valence-electron chi connectivity index (χ4n) is 1.48. The van der Waals surface area contributed by atoms with Crippen LogP contribution in [0.5, 0.6) is 0 Å². The van der Waals surface area contributed by atoms with Crippen LogP contribution in [0.25, 0.3) is 0 Å². The molecule has 2 aromatic rings. The number of H-pyrrole nitrogens is 1. The Kier molecular flexibility index (Phi) is 11.1. The van der Waals surface area contributed by atoms with E-state index >= 15 is 0 Å². The third-order valence-corrected chi connectivity index (χ3v) is 3.70. The summed E-state index contributed by atoms with van der Waals surface area (Å²) in [5.74, 6) is 1.81. The molecule has 150 valence electrons. The number of aromatic nitrogens is 4. The topological polar surface area (TPSA) is 78.5 Å². The van der Waals surface area contributed by atoms with Gasteiger partial charge in [0, 0.05) is 17.5 Å². The fraction of sp³-hybridized carbons (Fsp3) is 0.737. The molecular formula is C19H38N6S. The summed E-state index contributed by atoms with van der Waals surface area (Å²) in [6.07, 6.45) is 1.73. The van der Waals surface area contributed by atoms with Crippen molar-refractivity contribution in [2.24, 2.45) is 5.92 Å². The minimum Gasteiger partial charge on any atom is -0.368 e. The van der Waals surface area contributed by atoms with E-state index < -0.39 is 0 Å². The Bertz CT molecular complexity index is 564. The maximum absolute atomic E-state index is 4.15. The quantitative estimate of drug-likeness (QED) is 0.646. The molecule has 7 heteroatoms. The van der Waals surface area contributed by atoms with Gasteiger partial charge >= 0.3 is 0 Å². The lowest BCUT2D eigenvalue weighted by atomic mass is 9.98. The van der Waals surface area contributed by atoms with Crippen LogP contribution in [0, 0.1) is 5.92 Å². The third kappa shape index (κ3) is 12.7. The van der Waals surface area contributed by atoms with E-state index in [4.69, 9.17) is 0 Å². The minimum absolute atomic E-state index is 0.106. The normalized spacial score (nSPS) is 11.0. The van der Waals surface area contributed by atoms with Crippen LogP contribution in [0.1, 0.15) is 74.2 Å². The van der Waals surface area contributed by atoms with E-state index in [9.17, 15) is 0 Å². The van der Waals surface area contributed by atoms with Crippen LogP contribution in [-0.2, 0) is 5.41 Å². The summed E-state index contributed by atoms with van der Waals surface area (Å²) in [6, 6.07) is 2.78. The van der Waals surface area contributed by atoms with Gasteiger partial charge in [0.25, 0.3) is 0 Å². The molecule has 2 rings (SSSR count). The van der Waals surface area contributed by atoms with Gasteiger partial charge < -0.3 is 10.6 Å². The van der Waals surface area contributed by atoms with Gasteiger partial charge in [-0.1, -0.05) is 52.9 Å². The highest BCUT2D eigenvalue weighted by Crippen LogP contribution is 2.27. The summed E-state index contributed by atoms with van der Waals surface area (Å²) in [6.45, 7) is 21.3. The Morgan fingerprint density at radius 3 is 1.81 bits per heavy atom. The molecule has 0 aromatic carbocycles. The molecule has 0 saturated carbocycles. The molecule has 0 bridgehead atoms. The lowest BCUT2D eigenvalue weighted by Crippen LogP contribution is -2.10. The molecule has 26 heavy (non-hydrogen) atoms. The van der Waals surface area contributed by atoms with Crippen molar-refractivity contribution in [1.29, 1.82) is 0 Å². The zero-order chi connectivity index (χ0) is 20.3. The highest BCUT2D eigenvalue weighted by atomic mass is 32.1. The molecule has 0 saturated heterocycles. The number of anilines is 2. The van der Waals surface area contributed by atoms with E-state index in [0.717, 1.165) is 21.9 Å². The van der Waals surface area contributed by atoms with Crippen molar-refractivity contribution in [1.82, 2.24) is 20.4 Å². The van der Waals surface area contributed by atoms with Crippen LogP contribution in [0.2, 0.25) is 0 Å². The van der Waals surface area contributed by atoms with Gasteiger partial charge in [0.05, 0.1) is 6.20 Å². The van der Waals surface area contributed by atoms with Crippen LogP contribution in [0.4, 0.5) is 10.9 Å². The van der Waals surface area contributed by atoms with E-state index in [0.29, 0.717) is 12.1 Å². The smallest absolute Gasteiger partial charge is 0.205 e. The molecule has 0 unspecified atom stereocenters. The first-order chi connectivity index (χ1) is 11.9. The number of nitrogens with zero attached hydrogens (tertiary/aromatic N) is 3. The van der Waals surface area contributed by atoms with E-state index in [2.05, 4.69) is 100 Å². The largest absolute Gasteiger partial charge is 0.368 e. The molecule has 0 aliphatic rings. The van der Waals surface area contributed by atoms with Gasteiger partial charge in [-0.05, 0) is 39.7 Å². The molecule has 0 radical (unpaired) electrons.